The Morgan fingerprint density at radius 3 is 2.86 bits per heavy atom. The van der Waals surface area contributed by atoms with Crippen molar-refractivity contribution in [1.29, 1.82) is 0 Å². The minimum absolute atomic E-state index is 0.240. The number of hydrogen-bond donors (Lipinski definition) is 2. The van der Waals surface area contributed by atoms with Gasteiger partial charge in [0.1, 0.15) is 5.82 Å². The fourth-order valence-corrected chi connectivity index (χ4v) is 1.86. The van der Waals surface area contributed by atoms with Gasteiger partial charge in [0.05, 0.1) is 6.10 Å². The molecule has 2 unspecified atom stereocenters. The lowest BCUT2D eigenvalue weighted by molar-refractivity contribution is 0.196. The standard InChI is InChI=1S/C10H16N2OS/c1-7(13)8(2)14-6-9-3-4-12-10(11)5-9/h3-5,7-8,13H,6H2,1-2H3,(H2,11,12). The second kappa shape index (κ2) is 5.22. The molecule has 0 aliphatic carbocycles. The van der Waals surface area contributed by atoms with Crippen LogP contribution in [0.15, 0.2) is 18.3 Å². The van der Waals surface area contributed by atoms with Crippen molar-refractivity contribution in [3.05, 3.63) is 23.9 Å². The van der Waals surface area contributed by atoms with Crippen LogP contribution >= 0.6 is 11.8 Å². The van der Waals surface area contributed by atoms with Crippen LogP contribution in [0.2, 0.25) is 0 Å². The van der Waals surface area contributed by atoms with Gasteiger partial charge >= 0.3 is 0 Å². The van der Waals surface area contributed by atoms with E-state index in [-0.39, 0.29) is 11.4 Å². The first-order valence-corrected chi connectivity index (χ1v) is 5.64. The summed E-state index contributed by atoms with van der Waals surface area (Å²) in [4.78, 5) is 3.92. The van der Waals surface area contributed by atoms with Crippen molar-refractivity contribution >= 4 is 17.6 Å². The Labute approximate surface area is 88.7 Å². The molecular weight excluding hydrogens is 196 g/mol. The SMILES string of the molecule is CC(O)C(C)SCc1ccnc(N)c1. The highest BCUT2D eigenvalue weighted by atomic mass is 32.2. The minimum atomic E-state index is -0.279. The monoisotopic (exact) mass is 212 g/mol. The summed E-state index contributed by atoms with van der Waals surface area (Å²) in [7, 11) is 0. The zero-order valence-electron chi connectivity index (χ0n) is 8.47. The van der Waals surface area contributed by atoms with Crippen LogP contribution in [0.5, 0.6) is 0 Å². The van der Waals surface area contributed by atoms with E-state index < -0.39 is 0 Å². The summed E-state index contributed by atoms with van der Waals surface area (Å²) in [6, 6.07) is 3.81. The molecule has 0 spiro atoms. The molecule has 2 atom stereocenters. The summed E-state index contributed by atoms with van der Waals surface area (Å²) in [5, 5.41) is 9.54. The van der Waals surface area contributed by atoms with E-state index in [0.717, 1.165) is 11.3 Å². The molecule has 0 aliphatic rings. The van der Waals surface area contributed by atoms with Crippen LogP contribution in [-0.2, 0) is 5.75 Å². The molecule has 0 aliphatic heterocycles. The van der Waals surface area contributed by atoms with E-state index in [1.165, 1.54) is 0 Å². The quantitative estimate of drug-likeness (QED) is 0.797. The van der Waals surface area contributed by atoms with Crippen molar-refractivity contribution in [1.82, 2.24) is 4.98 Å². The third kappa shape index (κ3) is 3.55. The maximum atomic E-state index is 9.30. The van der Waals surface area contributed by atoms with Crippen LogP contribution in [0, 0.1) is 0 Å². The Morgan fingerprint density at radius 2 is 2.29 bits per heavy atom. The summed E-state index contributed by atoms with van der Waals surface area (Å²) in [5.41, 5.74) is 6.70. The third-order valence-corrected chi connectivity index (χ3v) is 3.46. The van der Waals surface area contributed by atoms with Gasteiger partial charge in [0.25, 0.3) is 0 Å². The van der Waals surface area contributed by atoms with Gasteiger partial charge in [0, 0.05) is 17.2 Å². The van der Waals surface area contributed by atoms with Crippen LogP contribution in [0.1, 0.15) is 19.4 Å². The molecule has 0 saturated carbocycles. The van der Waals surface area contributed by atoms with Crippen molar-refractivity contribution in [2.24, 2.45) is 0 Å². The summed E-state index contributed by atoms with van der Waals surface area (Å²) in [6.45, 7) is 3.82. The molecule has 1 rings (SSSR count). The maximum Gasteiger partial charge on any atom is 0.123 e. The number of aromatic nitrogens is 1. The molecule has 0 amide bonds. The number of nitrogens with zero attached hydrogens (tertiary/aromatic N) is 1. The molecule has 3 N–H and O–H groups in total. The van der Waals surface area contributed by atoms with Gasteiger partial charge < -0.3 is 10.8 Å². The number of nitrogens with two attached hydrogens (primary N) is 1. The highest BCUT2D eigenvalue weighted by Gasteiger charge is 2.08. The minimum Gasteiger partial charge on any atom is -0.392 e. The second-order valence-corrected chi connectivity index (χ2v) is 4.71. The van der Waals surface area contributed by atoms with Gasteiger partial charge in [-0.15, -0.1) is 0 Å². The predicted molar refractivity (Wildman–Crippen MR) is 61.1 cm³/mol. The Balaban J connectivity index is 2.45. The largest absolute Gasteiger partial charge is 0.392 e. The number of hydrogen-bond acceptors (Lipinski definition) is 4. The van der Waals surface area contributed by atoms with E-state index in [4.69, 9.17) is 5.73 Å². The molecule has 0 radical (unpaired) electrons. The van der Waals surface area contributed by atoms with Crippen molar-refractivity contribution in [2.45, 2.75) is 31.0 Å². The van der Waals surface area contributed by atoms with Crippen molar-refractivity contribution < 1.29 is 5.11 Å². The predicted octanol–water partition coefficient (Wildman–Crippen LogP) is 1.67. The Morgan fingerprint density at radius 1 is 1.57 bits per heavy atom. The molecule has 0 fully saturated rings. The van der Waals surface area contributed by atoms with Crippen molar-refractivity contribution in [3.63, 3.8) is 0 Å². The number of pyridine rings is 1. The zero-order chi connectivity index (χ0) is 10.6. The molecule has 14 heavy (non-hydrogen) atoms. The number of rotatable bonds is 4. The number of nitrogen functional groups attached to an aromatic ring is 1. The molecule has 1 aromatic rings. The summed E-state index contributed by atoms with van der Waals surface area (Å²) in [6.07, 6.45) is 1.43. The van der Waals surface area contributed by atoms with Gasteiger partial charge in [-0.3, -0.25) is 0 Å². The molecule has 1 aromatic heterocycles. The topological polar surface area (TPSA) is 59.1 Å². The third-order valence-electron chi connectivity index (χ3n) is 2.04. The maximum absolute atomic E-state index is 9.30. The molecule has 0 bridgehead atoms. The summed E-state index contributed by atoms with van der Waals surface area (Å²) >= 11 is 1.71. The fraction of sp³-hybridized carbons (Fsp3) is 0.500. The van der Waals surface area contributed by atoms with Crippen LogP contribution in [0.4, 0.5) is 5.82 Å². The van der Waals surface area contributed by atoms with E-state index in [1.54, 1.807) is 24.9 Å². The van der Waals surface area contributed by atoms with Gasteiger partial charge in [-0.25, -0.2) is 4.98 Å². The van der Waals surface area contributed by atoms with Gasteiger partial charge in [0.15, 0.2) is 0 Å². The van der Waals surface area contributed by atoms with Gasteiger partial charge in [-0.2, -0.15) is 11.8 Å². The average Bonchev–Trinajstić information content (AvgIpc) is 2.14. The number of thioether (sulfide) groups is 1. The fourth-order valence-electron chi connectivity index (χ4n) is 0.951. The van der Waals surface area contributed by atoms with Crippen LogP contribution in [0.25, 0.3) is 0 Å². The number of aliphatic hydroxyl groups is 1. The van der Waals surface area contributed by atoms with E-state index in [9.17, 15) is 5.11 Å². The van der Waals surface area contributed by atoms with Gasteiger partial charge in [0.2, 0.25) is 0 Å². The van der Waals surface area contributed by atoms with E-state index in [1.807, 2.05) is 19.1 Å². The van der Waals surface area contributed by atoms with Crippen molar-refractivity contribution in [3.8, 4) is 0 Å². The zero-order valence-corrected chi connectivity index (χ0v) is 9.29. The van der Waals surface area contributed by atoms with Gasteiger partial charge in [-0.05, 0) is 24.6 Å². The lowest BCUT2D eigenvalue weighted by Gasteiger charge is -2.13. The Bertz CT molecular complexity index is 291. The first-order chi connectivity index (χ1) is 6.59. The second-order valence-electron chi connectivity index (χ2n) is 3.35. The number of aliphatic hydroxyl groups excluding tert-OH is 1. The first kappa shape index (κ1) is 11.3. The highest BCUT2D eigenvalue weighted by molar-refractivity contribution is 7.99. The highest BCUT2D eigenvalue weighted by Crippen LogP contribution is 2.20. The van der Waals surface area contributed by atoms with Crippen molar-refractivity contribution in [2.75, 3.05) is 5.73 Å². The molecule has 4 heteroatoms. The molecule has 0 aromatic carbocycles. The Hall–Kier alpha value is -0.740. The summed E-state index contributed by atoms with van der Waals surface area (Å²) in [5.74, 6) is 1.41. The van der Waals surface area contributed by atoms with Crippen LogP contribution in [0.3, 0.4) is 0 Å². The van der Waals surface area contributed by atoms with E-state index in [0.29, 0.717) is 5.82 Å². The lowest BCUT2D eigenvalue weighted by Crippen LogP contribution is -2.15. The number of anilines is 1. The Kier molecular flexibility index (Phi) is 4.22. The first-order valence-electron chi connectivity index (χ1n) is 4.59. The average molecular weight is 212 g/mol. The molecule has 0 saturated heterocycles. The van der Waals surface area contributed by atoms with Gasteiger partial charge in [-0.1, -0.05) is 6.92 Å². The van der Waals surface area contributed by atoms with Crippen LogP contribution < -0.4 is 5.73 Å². The van der Waals surface area contributed by atoms with E-state index in [2.05, 4.69) is 4.98 Å². The van der Waals surface area contributed by atoms with Crippen LogP contribution in [-0.4, -0.2) is 21.4 Å². The molecule has 3 nitrogen and oxygen atoms in total. The molecule has 1 heterocycles. The summed E-state index contributed by atoms with van der Waals surface area (Å²) < 4.78 is 0. The van der Waals surface area contributed by atoms with E-state index >= 15 is 0 Å². The smallest absolute Gasteiger partial charge is 0.123 e. The lowest BCUT2D eigenvalue weighted by atomic mass is 10.3. The molecule has 78 valence electrons. The molecular formula is C10H16N2OS. The normalized spacial score (nSPS) is 15.1.